The van der Waals surface area contributed by atoms with E-state index < -0.39 is 0 Å². The Kier molecular flexibility index (Phi) is 6.56. The van der Waals surface area contributed by atoms with Gasteiger partial charge in [0, 0.05) is 29.3 Å². The Balaban J connectivity index is 2.67. The molecule has 0 bridgehead atoms. The third-order valence-electron chi connectivity index (χ3n) is 3.71. The lowest BCUT2D eigenvalue weighted by atomic mass is 10.0. The molecule has 0 saturated heterocycles. The van der Waals surface area contributed by atoms with Crippen LogP contribution >= 0.6 is 0 Å². The zero-order chi connectivity index (χ0) is 16.8. The van der Waals surface area contributed by atoms with Crippen molar-refractivity contribution in [3.05, 3.63) is 29.8 Å². The summed E-state index contributed by atoms with van der Waals surface area (Å²) in [6.45, 7) is 8.50. The Labute approximate surface area is 132 Å². The van der Waals surface area contributed by atoms with Crippen LogP contribution in [0, 0.1) is 5.92 Å². The Hall–Kier alpha value is -1.88. The molecule has 0 aliphatic carbocycles. The van der Waals surface area contributed by atoms with E-state index in [1.807, 2.05) is 34.7 Å². The summed E-state index contributed by atoms with van der Waals surface area (Å²) in [7, 11) is 1.81. The first-order valence-corrected chi connectivity index (χ1v) is 7.67. The molecule has 0 fully saturated rings. The van der Waals surface area contributed by atoms with Gasteiger partial charge in [0.15, 0.2) is 0 Å². The molecular weight excluding hydrogens is 278 g/mol. The molecule has 1 atom stereocenters. The van der Waals surface area contributed by atoms with Crippen LogP contribution in [-0.2, 0) is 4.79 Å². The summed E-state index contributed by atoms with van der Waals surface area (Å²) < 4.78 is 0. The van der Waals surface area contributed by atoms with Crippen molar-refractivity contribution in [2.45, 2.75) is 39.7 Å². The van der Waals surface area contributed by atoms with Crippen molar-refractivity contribution >= 4 is 17.5 Å². The van der Waals surface area contributed by atoms with Gasteiger partial charge in [-0.3, -0.25) is 9.59 Å². The van der Waals surface area contributed by atoms with Crippen LogP contribution in [0.25, 0.3) is 0 Å². The zero-order valence-electron chi connectivity index (χ0n) is 14.1. The fourth-order valence-electron chi connectivity index (χ4n) is 1.84. The molecule has 3 N–H and O–H groups in total. The number of amides is 2. The number of benzene rings is 1. The van der Waals surface area contributed by atoms with Crippen LogP contribution in [0.4, 0.5) is 5.69 Å². The first-order valence-electron chi connectivity index (χ1n) is 7.67. The summed E-state index contributed by atoms with van der Waals surface area (Å²) in [6, 6.07) is 6.94. The summed E-state index contributed by atoms with van der Waals surface area (Å²) in [5.41, 5.74) is 1.05. The monoisotopic (exact) mass is 305 g/mol. The molecule has 5 heteroatoms. The largest absolute Gasteiger partial charge is 0.347 e. The third kappa shape index (κ3) is 5.48. The van der Waals surface area contributed by atoms with E-state index in [-0.39, 0.29) is 23.3 Å². The first kappa shape index (κ1) is 18.2. The number of rotatable bonds is 7. The van der Waals surface area contributed by atoms with Gasteiger partial charge in [-0.1, -0.05) is 13.8 Å². The summed E-state index contributed by atoms with van der Waals surface area (Å²) in [5.74, 6) is -0.259. The average molecular weight is 305 g/mol. The number of nitrogens with one attached hydrogen (secondary N) is 3. The molecule has 22 heavy (non-hydrogen) atoms. The maximum atomic E-state index is 12.1. The van der Waals surface area contributed by atoms with Crippen molar-refractivity contribution < 1.29 is 9.59 Å². The lowest BCUT2D eigenvalue weighted by Crippen LogP contribution is -2.42. The van der Waals surface area contributed by atoms with E-state index in [9.17, 15) is 9.59 Å². The summed E-state index contributed by atoms with van der Waals surface area (Å²) in [6.07, 6.45) is 0.857. The highest BCUT2D eigenvalue weighted by molar-refractivity contribution is 5.96. The SMILES string of the molecule is CCC(C)(C)NC(=O)c1ccc(NC(=O)C(C)CNC)cc1. The van der Waals surface area contributed by atoms with Gasteiger partial charge in [-0.2, -0.15) is 0 Å². The second kappa shape index (κ2) is 7.94. The smallest absolute Gasteiger partial charge is 0.251 e. The summed E-state index contributed by atoms with van der Waals surface area (Å²) in [4.78, 5) is 24.1. The fourth-order valence-corrected chi connectivity index (χ4v) is 1.84. The van der Waals surface area contributed by atoms with E-state index in [0.717, 1.165) is 6.42 Å². The number of carbonyl (C=O) groups excluding carboxylic acids is 2. The molecule has 122 valence electrons. The topological polar surface area (TPSA) is 70.2 Å². The second-order valence-corrected chi connectivity index (χ2v) is 6.22. The molecule has 0 heterocycles. The van der Waals surface area contributed by atoms with Crippen molar-refractivity contribution in [1.29, 1.82) is 0 Å². The van der Waals surface area contributed by atoms with Crippen LogP contribution in [0.15, 0.2) is 24.3 Å². The highest BCUT2D eigenvalue weighted by Crippen LogP contribution is 2.13. The number of hydrogen-bond donors (Lipinski definition) is 3. The van der Waals surface area contributed by atoms with Crippen LogP contribution < -0.4 is 16.0 Å². The van der Waals surface area contributed by atoms with Gasteiger partial charge < -0.3 is 16.0 Å². The Morgan fingerprint density at radius 3 is 2.27 bits per heavy atom. The lowest BCUT2D eigenvalue weighted by Gasteiger charge is -2.24. The maximum absolute atomic E-state index is 12.1. The molecule has 1 aromatic carbocycles. The highest BCUT2D eigenvalue weighted by Gasteiger charge is 2.19. The highest BCUT2D eigenvalue weighted by atomic mass is 16.2. The zero-order valence-corrected chi connectivity index (χ0v) is 14.1. The maximum Gasteiger partial charge on any atom is 0.251 e. The van der Waals surface area contributed by atoms with E-state index >= 15 is 0 Å². The number of hydrogen-bond acceptors (Lipinski definition) is 3. The molecule has 1 rings (SSSR count). The molecule has 0 spiro atoms. The van der Waals surface area contributed by atoms with Crippen molar-refractivity contribution in [2.24, 2.45) is 5.92 Å². The minimum atomic E-state index is -0.230. The predicted molar refractivity (Wildman–Crippen MR) is 90.0 cm³/mol. The molecule has 0 radical (unpaired) electrons. The van der Waals surface area contributed by atoms with Gasteiger partial charge in [0.05, 0.1) is 0 Å². The van der Waals surface area contributed by atoms with Gasteiger partial charge >= 0.3 is 0 Å². The third-order valence-corrected chi connectivity index (χ3v) is 3.71. The van der Waals surface area contributed by atoms with Gasteiger partial charge in [0.25, 0.3) is 5.91 Å². The molecule has 0 aromatic heterocycles. The van der Waals surface area contributed by atoms with Crippen molar-refractivity contribution in [3.8, 4) is 0 Å². The summed E-state index contributed by atoms with van der Waals surface area (Å²) >= 11 is 0. The van der Waals surface area contributed by atoms with Crippen LogP contribution in [0.3, 0.4) is 0 Å². The van der Waals surface area contributed by atoms with E-state index in [0.29, 0.717) is 17.8 Å². The Morgan fingerprint density at radius 2 is 1.77 bits per heavy atom. The van der Waals surface area contributed by atoms with Gasteiger partial charge in [0.1, 0.15) is 0 Å². The van der Waals surface area contributed by atoms with E-state index in [1.165, 1.54) is 0 Å². The van der Waals surface area contributed by atoms with E-state index in [2.05, 4.69) is 16.0 Å². The Morgan fingerprint density at radius 1 is 1.18 bits per heavy atom. The van der Waals surface area contributed by atoms with Gasteiger partial charge in [-0.05, 0) is 51.6 Å². The fraction of sp³-hybridized carbons (Fsp3) is 0.529. The molecule has 1 aromatic rings. The molecule has 1 unspecified atom stereocenters. The second-order valence-electron chi connectivity index (χ2n) is 6.22. The normalized spacial score (nSPS) is 12.6. The minimum absolute atomic E-state index is 0.0429. The van der Waals surface area contributed by atoms with Crippen LogP contribution in [-0.4, -0.2) is 30.9 Å². The molecule has 0 aliphatic rings. The van der Waals surface area contributed by atoms with Crippen molar-refractivity contribution in [1.82, 2.24) is 10.6 Å². The quantitative estimate of drug-likeness (QED) is 0.724. The van der Waals surface area contributed by atoms with Crippen LogP contribution in [0.2, 0.25) is 0 Å². The van der Waals surface area contributed by atoms with Crippen LogP contribution in [0.1, 0.15) is 44.5 Å². The number of carbonyl (C=O) groups is 2. The molecule has 0 saturated carbocycles. The summed E-state index contributed by atoms with van der Waals surface area (Å²) in [5, 5.41) is 8.80. The standard InChI is InChI=1S/C17H27N3O2/c1-6-17(3,4)20-16(22)13-7-9-14(10-8-13)19-15(21)12(2)11-18-5/h7-10,12,18H,6,11H2,1-5H3,(H,19,21)(H,20,22). The predicted octanol–water partition coefficient (Wildman–Crippen LogP) is 2.40. The van der Waals surface area contributed by atoms with Crippen molar-refractivity contribution in [2.75, 3.05) is 18.9 Å². The van der Waals surface area contributed by atoms with E-state index in [4.69, 9.17) is 0 Å². The minimum Gasteiger partial charge on any atom is -0.347 e. The Bertz CT molecular complexity index is 509. The first-order chi connectivity index (χ1) is 10.3. The molecule has 0 aliphatic heterocycles. The molecule has 5 nitrogen and oxygen atoms in total. The lowest BCUT2D eigenvalue weighted by molar-refractivity contribution is -0.119. The van der Waals surface area contributed by atoms with E-state index in [1.54, 1.807) is 24.3 Å². The van der Waals surface area contributed by atoms with Crippen LogP contribution in [0.5, 0.6) is 0 Å². The average Bonchev–Trinajstić information content (AvgIpc) is 2.47. The van der Waals surface area contributed by atoms with Gasteiger partial charge in [-0.15, -0.1) is 0 Å². The number of anilines is 1. The van der Waals surface area contributed by atoms with Gasteiger partial charge in [-0.25, -0.2) is 0 Å². The molecule has 2 amide bonds. The van der Waals surface area contributed by atoms with Gasteiger partial charge in [0.2, 0.25) is 5.91 Å². The van der Waals surface area contributed by atoms with Crippen molar-refractivity contribution in [3.63, 3.8) is 0 Å². The molecular formula is C17H27N3O2.